The van der Waals surface area contributed by atoms with Gasteiger partial charge in [-0.2, -0.15) is 5.10 Å². The van der Waals surface area contributed by atoms with E-state index in [1.165, 1.54) is 11.8 Å². The van der Waals surface area contributed by atoms with Gasteiger partial charge in [-0.05, 0) is 36.2 Å². The first kappa shape index (κ1) is 26.4. The predicted molar refractivity (Wildman–Crippen MR) is 155 cm³/mol. The molecule has 4 aromatic rings. The highest BCUT2D eigenvalue weighted by Crippen LogP contribution is 2.49. The van der Waals surface area contributed by atoms with E-state index in [1.807, 2.05) is 79.7 Å². The molecule has 6 nitrogen and oxygen atoms in total. The zero-order valence-electron chi connectivity index (χ0n) is 20.7. The van der Waals surface area contributed by atoms with Crippen molar-refractivity contribution >= 4 is 52.6 Å². The summed E-state index contributed by atoms with van der Waals surface area (Å²) in [4.78, 5) is 28.2. The van der Waals surface area contributed by atoms with E-state index in [2.05, 4.69) is 5.32 Å². The van der Waals surface area contributed by atoms with Crippen LogP contribution in [0.15, 0.2) is 78.9 Å². The summed E-state index contributed by atoms with van der Waals surface area (Å²) < 4.78 is 1.70. The molecule has 0 fully saturated rings. The van der Waals surface area contributed by atoms with Gasteiger partial charge in [-0.25, -0.2) is 4.68 Å². The van der Waals surface area contributed by atoms with Crippen LogP contribution in [0.25, 0.3) is 16.9 Å². The van der Waals surface area contributed by atoms with Crippen molar-refractivity contribution in [2.45, 2.75) is 18.6 Å². The second kappa shape index (κ2) is 11.6. The number of fused-ring (bicyclic) bond motifs is 1. The van der Waals surface area contributed by atoms with Crippen molar-refractivity contribution in [1.29, 1.82) is 0 Å². The first-order chi connectivity index (χ1) is 18.5. The van der Waals surface area contributed by atoms with Crippen molar-refractivity contribution in [3.05, 3.63) is 100 Å². The Hall–Kier alpha value is -3.26. The number of carbonyl (C=O) groups is 2. The maximum atomic E-state index is 13.7. The fraction of sp³-hybridized carbons (Fsp3) is 0.207. The molecule has 0 saturated carbocycles. The lowest BCUT2D eigenvalue weighted by molar-refractivity contribution is -0.122. The molecule has 38 heavy (non-hydrogen) atoms. The molecule has 0 bridgehead atoms. The zero-order valence-corrected chi connectivity index (χ0v) is 23.1. The van der Waals surface area contributed by atoms with Crippen molar-refractivity contribution in [3.8, 4) is 16.9 Å². The van der Waals surface area contributed by atoms with Crippen LogP contribution in [-0.4, -0.2) is 40.4 Å². The highest BCUT2D eigenvalue weighted by molar-refractivity contribution is 8.00. The van der Waals surface area contributed by atoms with Gasteiger partial charge in [0, 0.05) is 22.7 Å². The maximum Gasteiger partial charge on any atom is 0.240 e. The molecular weight excluding hydrogens is 539 g/mol. The summed E-state index contributed by atoms with van der Waals surface area (Å²) in [5.41, 5.74) is 4.01. The van der Waals surface area contributed by atoms with E-state index >= 15 is 0 Å². The minimum atomic E-state index is -0.261. The number of thioether (sulfide) groups is 1. The van der Waals surface area contributed by atoms with Crippen LogP contribution in [0.4, 0.5) is 5.82 Å². The number of nitrogens with zero attached hydrogens (tertiary/aromatic N) is 3. The molecule has 5 rings (SSSR count). The second-order valence-corrected chi connectivity index (χ2v) is 10.8. The fourth-order valence-electron chi connectivity index (χ4n) is 4.52. The van der Waals surface area contributed by atoms with E-state index in [-0.39, 0.29) is 29.4 Å². The molecule has 1 aliphatic rings. The van der Waals surface area contributed by atoms with Crippen molar-refractivity contribution in [1.82, 2.24) is 15.1 Å². The Morgan fingerprint density at radius 1 is 1.05 bits per heavy atom. The number of hydrogen-bond acceptors (Lipinski definition) is 4. The molecule has 0 spiro atoms. The first-order valence-corrected chi connectivity index (χ1v) is 14.2. The Morgan fingerprint density at radius 2 is 1.82 bits per heavy atom. The van der Waals surface area contributed by atoms with Gasteiger partial charge in [0.1, 0.15) is 12.4 Å². The number of hydrogen-bond donors (Lipinski definition) is 1. The molecule has 2 amide bonds. The Labute approximate surface area is 235 Å². The smallest absolute Gasteiger partial charge is 0.240 e. The number of para-hydroxylation sites is 1. The SMILES string of the molecule is CCCNC(=O)CN1C(=O)CS[C@@H](c2cccc(Cl)c2)c2c(-c3ccccc3)nn(-c3ccccc3Cl)c21. The minimum absolute atomic E-state index is 0.126. The molecule has 0 aliphatic carbocycles. The standard InChI is InChI=1S/C29H26Cl2N4O2S/c1-2-15-32-24(36)17-34-25(37)18-38-28(20-11-8-12-21(30)16-20)26-27(19-9-4-3-5-10-19)33-35(29(26)34)23-14-7-6-13-22(23)31/h3-14,16,28H,2,15,17-18H2,1H3,(H,32,36)/t28-/m0/s1. The Kier molecular flexibility index (Phi) is 8.07. The molecule has 0 unspecified atom stereocenters. The molecule has 0 radical (unpaired) electrons. The third-order valence-corrected chi connectivity index (χ3v) is 8.05. The summed E-state index contributed by atoms with van der Waals surface area (Å²) in [6, 6.07) is 24.8. The lowest BCUT2D eigenvalue weighted by Gasteiger charge is -2.23. The second-order valence-electron chi connectivity index (χ2n) is 8.89. The molecular formula is C29H26Cl2N4O2S. The van der Waals surface area contributed by atoms with Crippen molar-refractivity contribution in [3.63, 3.8) is 0 Å². The molecule has 2 heterocycles. The molecule has 3 aromatic carbocycles. The summed E-state index contributed by atoms with van der Waals surface area (Å²) in [5, 5.41) is 8.77. The molecule has 0 saturated heterocycles. The van der Waals surface area contributed by atoms with Gasteiger partial charge < -0.3 is 5.32 Å². The predicted octanol–water partition coefficient (Wildman–Crippen LogP) is 6.54. The number of amides is 2. The van der Waals surface area contributed by atoms with Crippen LogP contribution >= 0.6 is 35.0 Å². The quantitative estimate of drug-likeness (QED) is 0.276. The topological polar surface area (TPSA) is 67.2 Å². The van der Waals surface area contributed by atoms with E-state index in [0.717, 1.165) is 23.1 Å². The summed E-state index contributed by atoms with van der Waals surface area (Å²) in [5.74, 6) is 0.304. The average Bonchev–Trinajstić information content (AvgIpc) is 3.24. The van der Waals surface area contributed by atoms with Gasteiger partial charge in [-0.15, -0.1) is 11.8 Å². The normalized spacial score (nSPS) is 15.2. The van der Waals surface area contributed by atoms with Crippen LogP contribution < -0.4 is 10.2 Å². The van der Waals surface area contributed by atoms with Crippen molar-refractivity contribution in [2.24, 2.45) is 0 Å². The van der Waals surface area contributed by atoms with E-state index in [1.54, 1.807) is 15.6 Å². The van der Waals surface area contributed by atoms with Gasteiger partial charge in [0.2, 0.25) is 11.8 Å². The number of anilines is 1. The Morgan fingerprint density at radius 3 is 2.55 bits per heavy atom. The summed E-state index contributed by atoms with van der Waals surface area (Å²) in [7, 11) is 0. The number of carbonyl (C=O) groups excluding carboxylic acids is 2. The zero-order chi connectivity index (χ0) is 26.6. The number of rotatable bonds is 7. The lowest BCUT2D eigenvalue weighted by atomic mass is 9.99. The highest BCUT2D eigenvalue weighted by atomic mass is 35.5. The number of halogens is 2. The largest absolute Gasteiger partial charge is 0.355 e. The highest BCUT2D eigenvalue weighted by Gasteiger charge is 2.38. The minimum Gasteiger partial charge on any atom is -0.355 e. The van der Waals surface area contributed by atoms with Crippen molar-refractivity contribution in [2.75, 3.05) is 23.7 Å². The van der Waals surface area contributed by atoms with Crippen LogP contribution in [0.5, 0.6) is 0 Å². The molecule has 194 valence electrons. The van der Waals surface area contributed by atoms with E-state index < -0.39 is 0 Å². The van der Waals surface area contributed by atoms with Gasteiger partial charge in [0.15, 0.2) is 0 Å². The average molecular weight is 566 g/mol. The summed E-state index contributed by atoms with van der Waals surface area (Å²) in [6.45, 7) is 2.39. The summed E-state index contributed by atoms with van der Waals surface area (Å²) in [6.07, 6.45) is 0.799. The van der Waals surface area contributed by atoms with Crippen LogP contribution in [0, 0.1) is 0 Å². The number of benzene rings is 3. The van der Waals surface area contributed by atoms with Gasteiger partial charge in [-0.3, -0.25) is 14.5 Å². The van der Waals surface area contributed by atoms with Crippen molar-refractivity contribution < 1.29 is 9.59 Å². The molecule has 1 aliphatic heterocycles. The maximum absolute atomic E-state index is 13.7. The number of aromatic nitrogens is 2. The van der Waals surface area contributed by atoms with Crippen LogP contribution in [0.2, 0.25) is 10.0 Å². The molecule has 9 heteroatoms. The van der Waals surface area contributed by atoms with E-state index in [4.69, 9.17) is 28.3 Å². The molecule has 1 atom stereocenters. The van der Waals surface area contributed by atoms with E-state index in [0.29, 0.717) is 33.8 Å². The van der Waals surface area contributed by atoms with Gasteiger partial charge in [0.05, 0.1) is 27.4 Å². The fourth-order valence-corrected chi connectivity index (χ4v) is 6.12. The monoisotopic (exact) mass is 564 g/mol. The van der Waals surface area contributed by atoms with Crippen LogP contribution in [-0.2, 0) is 9.59 Å². The molecule has 1 N–H and O–H groups in total. The Bertz CT molecular complexity index is 1470. The van der Waals surface area contributed by atoms with Gasteiger partial charge in [0.25, 0.3) is 0 Å². The third kappa shape index (κ3) is 5.32. The van der Waals surface area contributed by atoms with Crippen LogP contribution in [0.1, 0.15) is 29.7 Å². The van der Waals surface area contributed by atoms with Gasteiger partial charge in [-0.1, -0.05) is 84.7 Å². The number of nitrogens with one attached hydrogen (secondary N) is 1. The molecule has 1 aromatic heterocycles. The third-order valence-electron chi connectivity index (χ3n) is 6.24. The van der Waals surface area contributed by atoms with Gasteiger partial charge >= 0.3 is 0 Å². The van der Waals surface area contributed by atoms with E-state index in [9.17, 15) is 9.59 Å². The van der Waals surface area contributed by atoms with Crippen LogP contribution in [0.3, 0.4) is 0 Å². The lowest BCUT2D eigenvalue weighted by Crippen LogP contribution is -2.42. The summed E-state index contributed by atoms with van der Waals surface area (Å²) >= 11 is 14.6. The Balaban J connectivity index is 1.80. The first-order valence-electron chi connectivity index (χ1n) is 12.3.